The zero-order valence-corrected chi connectivity index (χ0v) is 38.0. The van der Waals surface area contributed by atoms with E-state index in [-0.39, 0.29) is 24.9 Å². The van der Waals surface area contributed by atoms with Crippen LogP contribution in [0, 0.1) is 0 Å². The molecule has 0 aliphatic heterocycles. The number of carbonyl (C=O) groups is 2. The van der Waals surface area contributed by atoms with Crippen molar-refractivity contribution in [1.29, 1.82) is 0 Å². The first-order chi connectivity index (χ1) is 28.0. The van der Waals surface area contributed by atoms with Crippen LogP contribution in [0.2, 0.25) is 0 Å². The molecule has 0 spiro atoms. The Morgan fingerprint density at radius 2 is 0.930 bits per heavy atom. The van der Waals surface area contributed by atoms with Crippen LogP contribution in [0.1, 0.15) is 252 Å². The fourth-order valence-corrected chi connectivity index (χ4v) is 7.39. The van der Waals surface area contributed by atoms with Crippen molar-refractivity contribution in [3.05, 3.63) is 36.5 Å². The van der Waals surface area contributed by atoms with E-state index in [1.165, 1.54) is 154 Å². The van der Waals surface area contributed by atoms with Crippen molar-refractivity contribution >= 4 is 11.9 Å². The van der Waals surface area contributed by atoms with Gasteiger partial charge in [0.05, 0.1) is 25.2 Å². The molecule has 0 saturated carbocycles. The van der Waals surface area contributed by atoms with E-state index in [0.29, 0.717) is 12.8 Å². The number of rotatable bonds is 44. The molecular weight excluding hydrogens is 707 g/mol. The highest BCUT2D eigenvalue weighted by Gasteiger charge is 2.23. The van der Waals surface area contributed by atoms with E-state index in [2.05, 4.69) is 50.4 Å². The van der Waals surface area contributed by atoms with Crippen molar-refractivity contribution in [2.45, 2.75) is 270 Å². The first-order valence-electron chi connectivity index (χ1n) is 24.7. The molecule has 0 rings (SSSR count). The molecule has 0 radical (unpaired) electrons. The maximum atomic E-state index is 13.1. The van der Waals surface area contributed by atoms with Gasteiger partial charge in [-0.3, -0.25) is 9.59 Å². The van der Waals surface area contributed by atoms with Crippen LogP contribution in [-0.2, 0) is 14.3 Å². The van der Waals surface area contributed by atoms with Gasteiger partial charge in [0.25, 0.3) is 0 Å². The van der Waals surface area contributed by atoms with Crippen molar-refractivity contribution in [2.75, 3.05) is 6.61 Å². The molecular formula is C51H95NO5. The third-order valence-electron chi connectivity index (χ3n) is 11.2. The molecule has 0 aromatic carbocycles. The van der Waals surface area contributed by atoms with Crippen molar-refractivity contribution in [3.63, 3.8) is 0 Å². The largest absolute Gasteiger partial charge is 0.458 e. The van der Waals surface area contributed by atoms with Gasteiger partial charge in [-0.1, -0.05) is 212 Å². The summed E-state index contributed by atoms with van der Waals surface area (Å²) < 4.78 is 5.81. The number of esters is 1. The van der Waals surface area contributed by atoms with Gasteiger partial charge in [0.15, 0.2) is 0 Å². The monoisotopic (exact) mass is 802 g/mol. The number of unbranched alkanes of at least 4 members (excludes halogenated alkanes) is 28. The lowest BCUT2D eigenvalue weighted by Crippen LogP contribution is -2.46. The average molecular weight is 802 g/mol. The van der Waals surface area contributed by atoms with E-state index >= 15 is 0 Å². The van der Waals surface area contributed by atoms with Crippen LogP contribution >= 0.6 is 0 Å². The Labute approximate surface area is 353 Å². The smallest absolute Gasteiger partial charge is 0.306 e. The molecule has 0 aromatic rings. The molecule has 3 atom stereocenters. The van der Waals surface area contributed by atoms with Gasteiger partial charge < -0.3 is 20.3 Å². The molecule has 6 nitrogen and oxygen atoms in total. The molecule has 0 fully saturated rings. The van der Waals surface area contributed by atoms with Gasteiger partial charge in [0, 0.05) is 6.42 Å². The predicted molar refractivity (Wildman–Crippen MR) is 246 cm³/mol. The minimum Gasteiger partial charge on any atom is -0.458 e. The second kappa shape index (κ2) is 45.2. The fourth-order valence-electron chi connectivity index (χ4n) is 7.39. The lowest BCUT2D eigenvalue weighted by molar-refractivity contribution is -0.148. The standard InChI is InChI=1S/C51H95NO5/c1-4-7-10-13-16-19-22-23-24-25-26-29-32-35-38-41-44-51(56)57-47(42-39-36-33-30-27-20-17-14-11-8-5-2)45-50(55)52-48(46-53)49(54)43-40-37-34-31-28-21-18-15-12-9-6-3/h24-25,30,33,39,42,47-49,53-54H,4-23,26-29,31-32,34-38,40-41,43-46H2,1-3H3,(H,52,55)/b25-24+,33-30-,42-39+. The number of aliphatic hydroxyl groups is 2. The summed E-state index contributed by atoms with van der Waals surface area (Å²) >= 11 is 0. The summed E-state index contributed by atoms with van der Waals surface area (Å²) in [5.41, 5.74) is 0. The summed E-state index contributed by atoms with van der Waals surface area (Å²) in [6.45, 7) is 6.43. The van der Waals surface area contributed by atoms with E-state index in [1.807, 2.05) is 12.2 Å². The zero-order valence-electron chi connectivity index (χ0n) is 38.0. The summed E-state index contributed by atoms with van der Waals surface area (Å²) in [5.74, 6) is -0.607. The molecule has 3 unspecified atom stereocenters. The van der Waals surface area contributed by atoms with E-state index < -0.39 is 18.2 Å². The number of nitrogens with one attached hydrogen (secondary N) is 1. The molecule has 0 aromatic heterocycles. The van der Waals surface area contributed by atoms with Crippen LogP contribution in [0.5, 0.6) is 0 Å². The van der Waals surface area contributed by atoms with E-state index in [9.17, 15) is 19.8 Å². The van der Waals surface area contributed by atoms with Crippen molar-refractivity contribution in [1.82, 2.24) is 5.32 Å². The van der Waals surface area contributed by atoms with Gasteiger partial charge in [-0.05, 0) is 63.9 Å². The average Bonchev–Trinajstić information content (AvgIpc) is 3.20. The highest BCUT2D eigenvalue weighted by molar-refractivity contribution is 5.78. The van der Waals surface area contributed by atoms with E-state index in [0.717, 1.165) is 57.8 Å². The molecule has 3 N–H and O–H groups in total. The maximum Gasteiger partial charge on any atom is 0.306 e. The summed E-state index contributed by atoms with van der Waals surface area (Å²) in [6.07, 6.45) is 52.4. The quantitative estimate of drug-likeness (QED) is 0.0324. The Kier molecular flexibility index (Phi) is 43.6. The predicted octanol–water partition coefficient (Wildman–Crippen LogP) is 14.5. The number of hydrogen-bond donors (Lipinski definition) is 3. The van der Waals surface area contributed by atoms with Crippen molar-refractivity contribution in [3.8, 4) is 0 Å². The summed E-state index contributed by atoms with van der Waals surface area (Å²) in [5, 5.41) is 23.6. The number of carbonyl (C=O) groups excluding carboxylic acids is 2. The van der Waals surface area contributed by atoms with Gasteiger partial charge in [0.1, 0.15) is 6.10 Å². The lowest BCUT2D eigenvalue weighted by Gasteiger charge is -2.23. The second-order valence-electron chi connectivity index (χ2n) is 16.9. The van der Waals surface area contributed by atoms with Crippen LogP contribution in [0.4, 0.5) is 0 Å². The highest BCUT2D eigenvalue weighted by Crippen LogP contribution is 2.16. The zero-order chi connectivity index (χ0) is 41.7. The Hall–Kier alpha value is -1.92. The number of allylic oxidation sites excluding steroid dienone is 5. The molecule has 0 aliphatic rings. The van der Waals surface area contributed by atoms with Gasteiger partial charge >= 0.3 is 5.97 Å². The number of hydrogen-bond acceptors (Lipinski definition) is 5. The van der Waals surface area contributed by atoms with Crippen LogP contribution in [0.15, 0.2) is 36.5 Å². The summed E-state index contributed by atoms with van der Waals surface area (Å²) in [7, 11) is 0. The SMILES string of the molecule is CCCCCCCC/C=C\C/C=C/C(CC(=O)NC(CO)C(O)CCCCCCCCCCCCC)OC(=O)CCCCCCC/C=C/CCCCCCCCC. The van der Waals surface area contributed by atoms with Gasteiger partial charge in [-0.2, -0.15) is 0 Å². The number of ether oxygens (including phenoxy) is 1. The Morgan fingerprint density at radius 3 is 1.39 bits per heavy atom. The molecule has 1 amide bonds. The second-order valence-corrected chi connectivity index (χ2v) is 16.9. The third kappa shape index (κ3) is 40.6. The number of aliphatic hydroxyl groups excluding tert-OH is 2. The normalized spacial score (nSPS) is 13.6. The topological polar surface area (TPSA) is 95.9 Å². The Balaban J connectivity index is 4.62. The van der Waals surface area contributed by atoms with Crippen LogP contribution in [-0.4, -0.2) is 46.9 Å². The van der Waals surface area contributed by atoms with E-state index in [1.54, 1.807) is 0 Å². The first-order valence-corrected chi connectivity index (χ1v) is 24.7. The molecule has 0 aliphatic carbocycles. The molecule has 57 heavy (non-hydrogen) atoms. The number of amides is 1. The Morgan fingerprint density at radius 1 is 0.526 bits per heavy atom. The van der Waals surface area contributed by atoms with E-state index in [4.69, 9.17) is 4.74 Å². The third-order valence-corrected chi connectivity index (χ3v) is 11.2. The molecule has 334 valence electrons. The molecule has 0 saturated heterocycles. The Bertz CT molecular complexity index is 946. The fraction of sp³-hybridized carbons (Fsp3) is 0.843. The van der Waals surface area contributed by atoms with Crippen LogP contribution in [0.25, 0.3) is 0 Å². The maximum absolute atomic E-state index is 13.1. The van der Waals surface area contributed by atoms with Gasteiger partial charge in [-0.15, -0.1) is 0 Å². The molecule has 0 heterocycles. The highest BCUT2D eigenvalue weighted by atomic mass is 16.5. The summed E-state index contributed by atoms with van der Waals surface area (Å²) in [4.78, 5) is 26.0. The van der Waals surface area contributed by atoms with Crippen molar-refractivity contribution in [2.24, 2.45) is 0 Å². The molecule has 0 bridgehead atoms. The van der Waals surface area contributed by atoms with Gasteiger partial charge in [-0.25, -0.2) is 0 Å². The van der Waals surface area contributed by atoms with Gasteiger partial charge in [0.2, 0.25) is 5.91 Å². The van der Waals surface area contributed by atoms with Crippen LogP contribution < -0.4 is 5.32 Å². The minimum atomic E-state index is -0.809. The lowest BCUT2D eigenvalue weighted by atomic mass is 10.0. The minimum absolute atomic E-state index is 0.0299. The van der Waals surface area contributed by atoms with Crippen molar-refractivity contribution < 1.29 is 24.5 Å². The van der Waals surface area contributed by atoms with Crippen LogP contribution in [0.3, 0.4) is 0 Å². The molecule has 6 heteroatoms. The first kappa shape index (κ1) is 55.1. The summed E-state index contributed by atoms with van der Waals surface area (Å²) in [6, 6.07) is -0.730.